The molecular formula is C23H19N3O3S. The summed E-state index contributed by atoms with van der Waals surface area (Å²) in [5, 5.41) is 6.61. The summed E-state index contributed by atoms with van der Waals surface area (Å²) >= 11 is 1.20. The first-order chi connectivity index (χ1) is 14.5. The lowest BCUT2D eigenvalue weighted by atomic mass is 10.1. The zero-order valence-electron chi connectivity index (χ0n) is 16.4. The van der Waals surface area contributed by atoms with E-state index in [9.17, 15) is 9.59 Å². The van der Waals surface area contributed by atoms with Crippen LogP contribution in [0.3, 0.4) is 0 Å². The number of nitrogens with zero attached hydrogens (tertiary/aromatic N) is 1. The van der Waals surface area contributed by atoms with Crippen molar-refractivity contribution in [1.82, 2.24) is 4.98 Å². The summed E-state index contributed by atoms with van der Waals surface area (Å²) in [4.78, 5) is 29.8. The van der Waals surface area contributed by atoms with Crippen LogP contribution in [-0.2, 0) is 0 Å². The molecule has 2 N–H and O–H groups in total. The maximum absolute atomic E-state index is 12.7. The van der Waals surface area contributed by atoms with Crippen LogP contribution in [0.4, 0.5) is 10.1 Å². The molecule has 4 aromatic rings. The van der Waals surface area contributed by atoms with Crippen LogP contribution < -0.4 is 10.6 Å². The van der Waals surface area contributed by atoms with Crippen molar-refractivity contribution in [2.45, 2.75) is 13.8 Å². The number of carbonyl (C=O) groups is 2. The van der Waals surface area contributed by atoms with E-state index in [0.717, 1.165) is 16.7 Å². The molecule has 0 spiro atoms. The highest BCUT2D eigenvalue weighted by Crippen LogP contribution is 2.36. The lowest BCUT2D eigenvalue weighted by Gasteiger charge is -2.04. The SMILES string of the molecule is Cc1ccc(-c2nc(NC(=O)c3ccccc3C)sc2NC(=O)c2ccco2)cc1. The number of anilines is 2. The Balaban J connectivity index is 1.66. The highest BCUT2D eigenvalue weighted by Gasteiger charge is 2.19. The minimum atomic E-state index is -0.381. The van der Waals surface area contributed by atoms with Gasteiger partial charge in [0.2, 0.25) is 0 Å². The summed E-state index contributed by atoms with van der Waals surface area (Å²) in [6, 6.07) is 18.4. The van der Waals surface area contributed by atoms with E-state index in [1.165, 1.54) is 17.6 Å². The van der Waals surface area contributed by atoms with Crippen LogP contribution in [0.1, 0.15) is 32.0 Å². The predicted octanol–water partition coefficient (Wildman–Crippen LogP) is 5.52. The van der Waals surface area contributed by atoms with Crippen LogP contribution in [0.2, 0.25) is 0 Å². The Morgan fingerprint density at radius 3 is 2.37 bits per heavy atom. The van der Waals surface area contributed by atoms with Gasteiger partial charge in [-0.3, -0.25) is 14.9 Å². The third-order valence-corrected chi connectivity index (χ3v) is 5.42. The second kappa shape index (κ2) is 8.34. The van der Waals surface area contributed by atoms with Crippen LogP contribution >= 0.6 is 11.3 Å². The van der Waals surface area contributed by atoms with Crippen molar-refractivity contribution < 1.29 is 14.0 Å². The highest BCUT2D eigenvalue weighted by molar-refractivity contribution is 7.20. The predicted molar refractivity (Wildman–Crippen MR) is 118 cm³/mol. The quantitative estimate of drug-likeness (QED) is 0.447. The summed E-state index contributed by atoms with van der Waals surface area (Å²) in [6.07, 6.45) is 1.44. The van der Waals surface area contributed by atoms with E-state index in [0.29, 0.717) is 21.4 Å². The molecule has 0 aliphatic heterocycles. The number of aromatic nitrogens is 1. The second-order valence-corrected chi connectivity index (χ2v) is 7.76. The first-order valence-corrected chi connectivity index (χ1v) is 10.1. The lowest BCUT2D eigenvalue weighted by molar-refractivity contribution is 0.0995. The first-order valence-electron chi connectivity index (χ1n) is 9.31. The Morgan fingerprint density at radius 1 is 0.900 bits per heavy atom. The Morgan fingerprint density at radius 2 is 1.67 bits per heavy atom. The van der Waals surface area contributed by atoms with Crippen molar-refractivity contribution in [3.63, 3.8) is 0 Å². The maximum atomic E-state index is 12.7. The van der Waals surface area contributed by atoms with Crippen LogP contribution in [0.25, 0.3) is 11.3 Å². The van der Waals surface area contributed by atoms with E-state index in [2.05, 4.69) is 15.6 Å². The molecule has 30 heavy (non-hydrogen) atoms. The van der Waals surface area contributed by atoms with Gasteiger partial charge in [0.05, 0.1) is 6.26 Å². The van der Waals surface area contributed by atoms with E-state index >= 15 is 0 Å². The number of thiazole rings is 1. The summed E-state index contributed by atoms with van der Waals surface area (Å²) in [7, 11) is 0. The fourth-order valence-electron chi connectivity index (χ4n) is 2.93. The van der Waals surface area contributed by atoms with Crippen molar-refractivity contribution in [2.75, 3.05) is 10.6 Å². The van der Waals surface area contributed by atoms with Crippen molar-refractivity contribution in [2.24, 2.45) is 0 Å². The maximum Gasteiger partial charge on any atom is 0.292 e. The van der Waals surface area contributed by atoms with Gasteiger partial charge in [-0.05, 0) is 37.6 Å². The number of benzene rings is 2. The minimum Gasteiger partial charge on any atom is -0.459 e. The summed E-state index contributed by atoms with van der Waals surface area (Å²) in [6.45, 7) is 3.88. The van der Waals surface area contributed by atoms with Crippen LogP contribution in [0.15, 0.2) is 71.3 Å². The molecule has 0 unspecified atom stereocenters. The van der Waals surface area contributed by atoms with Gasteiger partial charge >= 0.3 is 0 Å². The molecule has 7 heteroatoms. The molecule has 0 bridgehead atoms. The second-order valence-electron chi connectivity index (χ2n) is 6.76. The fourth-order valence-corrected chi connectivity index (χ4v) is 3.81. The minimum absolute atomic E-state index is 0.198. The number of carbonyl (C=O) groups excluding carboxylic acids is 2. The summed E-state index contributed by atoms with van der Waals surface area (Å²) in [5.41, 5.74) is 3.98. The van der Waals surface area contributed by atoms with Gasteiger partial charge in [0.25, 0.3) is 11.8 Å². The van der Waals surface area contributed by atoms with E-state index in [1.54, 1.807) is 18.2 Å². The van der Waals surface area contributed by atoms with E-state index < -0.39 is 0 Å². The number of nitrogens with one attached hydrogen (secondary N) is 2. The summed E-state index contributed by atoms with van der Waals surface area (Å²) < 4.78 is 5.17. The van der Waals surface area contributed by atoms with Gasteiger partial charge in [0, 0.05) is 11.1 Å². The van der Waals surface area contributed by atoms with Gasteiger partial charge in [-0.2, -0.15) is 0 Å². The molecular weight excluding hydrogens is 398 g/mol. The van der Waals surface area contributed by atoms with E-state index in [4.69, 9.17) is 4.42 Å². The van der Waals surface area contributed by atoms with Crippen LogP contribution in [0.5, 0.6) is 0 Å². The average Bonchev–Trinajstić information content (AvgIpc) is 3.39. The zero-order valence-corrected chi connectivity index (χ0v) is 17.2. The van der Waals surface area contributed by atoms with Gasteiger partial charge in [0.15, 0.2) is 10.9 Å². The van der Waals surface area contributed by atoms with Gasteiger partial charge in [-0.1, -0.05) is 59.4 Å². The molecule has 2 aromatic carbocycles. The number of hydrogen-bond acceptors (Lipinski definition) is 5. The third-order valence-electron chi connectivity index (χ3n) is 4.53. The van der Waals surface area contributed by atoms with Gasteiger partial charge < -0.3 is 9.73 Å². The van der Waals surface area contributed by atoms with E-state index in [1.807, 2.05) is 56.3 Å². The fraction of sp³-hybridized carbons (Fsp3) is 0.0870. The van der Waals surface area contributed by atoms with Gasteiger partial charge in [-0.25, -0.2) is 4.98 Å². The number of rotatable bonds is 5. The smallest absolute Gasteiger partial charge is 0.292 e. The highest BCUT2D eigenvalue weighted by atomic mass is 32.1. The number of hydrogen-bond donors (Lipinski definition) is 2. The molecule has 0 radical (unpaired) electrons. The molecule has 0 aliphatic carbocycles. The standard InChI is InChI=1S/C23H19N3O3S/c1-14-9-11-16(12-10-14)19-22(25-21(28)18-8-5-13-29-18)30-23(24-19)26-20(27)17-7-4-3-6-15(17)2/h3-13H,1-2H3,(H,25,28)(H,24,26,27). The summed E-state index contributed by atoms with van der Waals surface area (Å²) in [5.74, 6) is -0.432. The monoisotopic (exact) mass is 417 g/mol. The number of amides is 2. The molecule has 0 aliphatic rings. The Labute approximate surface area is 177 Å². The number of aryl methyl sites for hydroxylation is 2. The van der Waals surface area contributed by atoms with Crippen LogP contribution in [0, 0.1) is 13.8 Å². The van der Waals surface area contributed by atoms with Gasteiger partial charge in [0.1, 0.15) is 10.7 Å². The average molecular weight is 417 g/mol. The molecule has 0 saturated carbocycles. The Kier molecular flexibility index (Phi) is 5.45. The first kappa shape index (κ1) is 19.6. The topological polar surface area (TPSA) is 84.2 Å². The van der Waals surface area contributed by atoms with Crippen molar-refractivity contribution in [3.05, 3.63) is 89.4 Å². The molecule has 4 rings (SSSR count). The number of furan rings is 1. The largest absolute Gasteiger partial charge is 0.459 e. The van der Waals surface area contributed by atoms with Crippen molar-refractivity contribution in [3.8, 4) is 11.3 Å². The molecule has 0 fully saturated rings. The lowest BCUT2D eigenvalue weighted by Crippen LogP contribution is -2.13. The van der Waals surface area contributed by atoms with Crippen molar-refractivity contribution in [1.29, 1.82) is 0 Å². The van der Waals surface area contributed by atoms with Crippen LogP contribution in [-0.4, -0.2) is 16.8 Å². The van der Waals surface area contributed by atoms with Crippen molar-refractivity contribution >= 4 is 33.3 Å². The molecule has 2 heterocycles. The molecule has 0 saturated heterocycles. The van der Waals surface area contributed by atoms with E-state index in [-0.39, 0.29) is 17.6 Å². The molecule has 0 atom stereocenters. The molecule has 2 amide bonds. The Bertz CT molecular complexity index is 1190. The third kappa shape index (κ3) is 4.16. The molecule has 6 nitrogen and oxygen atoms in total. The zero-order chi connectivity index (χ0) is 21.1. The Hall–Kier alpha value is -3.71. The van der Waals surface area contributed by atoms with Gasteiger partial charge in [-0.15, -0.1) is 0 Å². The molecule has 150 valence electrons. The molecule has 2 aromatic heterocycles. The normalized spacial score (nSPS) is 10.6.